The average molecular weight is 601 g/mol. The molecule has 1 aliphatic heterocycles. The molecule has 1 saturated heterocycles. The van der Waals surface area contributed by atoms with E-state index in [1.54, 1.807) is 12.1 Å². The summed E-state index contributed by atoms with van der Waals surface area (Å²) in [6.07, 6.45) is -2.95. The molecule has 1 fully saturated rings. The maximum atomic E-state index is 14.1. The Bertz CT molecular complexity index is 1420. The zero-order valence-corrected chi connectivity index (χ0v) is 24.8. The largest absolute Gasteiger partial charge is 0.463 e. The summed E-state index contributed by atoms with van der Waals surface area (Å²) in [5.74, 6) is -0.449. The molecule has 0 bridgehead atoms. The first-order valence-electron chi connectivity index (χ1n) is 14.3. The first-order chi connectivity index (χ1) is 21.1. The van der Waals surface area contributed by atoms with Gasteiger partial charge in [0, 0.05) is 11.8 Å². The maximum Gasteiger partial charge on any atom is 0.302 e. The van der Waals surface area contributed by atoms with Crippen LogP contribution in [0.15, 0.2) is 126 Å². The molecular weight excluding hydrogens is 564 g/mol. The summed E-state index contributed by atoms with van der Waals surface area (Å²) >= 11 is 0. The van der Waals surface area contributed by atoms with Crippen LogP contribution in [-0.2, 0) is 59.1 Å². The molecule has 6 atom stereocenters. The van der Waals surface area contributed by atoms with Gasteiger partial charge in [-0.3, -0.25) is 9.00 Å². The van der Waals surface area contributed by atoms with Crippen molar-refractivity contribution in [2.24, 2.45) is 0 Å². The first kappa shape index (κ1) is 30.8. The second-order valence-corrected chi connectivity index (χ2v) is 11.8. The lowest BCUT2D eigenvalue weighted by atomic mass is 9.99. The fraction of sp³-hybridized carbons (Fsp3) is 0.286. The summed E-state index contributed by atoms with van der Waals surface area (Å²) in [7, 11) is -1.64. The Morgan fingerprint density at radius 2 is 1.05 bits per heavy atom. The third-order valence-electron chi connectivity index (χ3n) is 7.08. The smallest absolute Gasteiger partial charge is 0.302 e. The van der Waals surface area contributed by atoms with Crippen LogP contribution in [0.2, 0.25) is 0 Å². The fourth-order valence-corrected chi connectivity index (χ4v) is 6.35. The van der Waals surface area contributed by atoms with E-state index in [4.69, 9.17) is 23.7 Å². The standard InChI is InChI=1S/C35H36O7S/c1-26(36)38-25-31-32(39-22-27-14-6-2-7-15-27)33(40-23-28-16-8-3-9-17-28)34(41-24-29-18-10-4-11-19-29)35(42-31)43(37)30-20-12-5-13-21-30/h2-21,31-35H,22-25H2,1H3/t31-,32-,33+,34-,35+,43?/m1/s1. The molecule has 1 unspecified atom stereocenters. The van der Waals surface area contributed by atoms with Crippen LogP contribution in [0.4, 0.5) is 0 Å². The lowest BCUT2D eigenvalue weighted by Gasteiger charge is -2.45. The third kappa shape index (κ3) is 8.69. The number of hydrogen-bond donors (Lipinski definition) is 0. The van der Waals surface area contributed by atoms with Crippen molar-refractivity contribution in [2.75, 3.05) is 6.61 Å². The lowest BCUT2D eigenvalue weighted by molar-refractivity contribution is -0.254. The Labute approximate surface area is 255 Å². The van der Waals surface area contributed by atoms with Crippen molar-refractivity contribution in [1.82, 2.24) is 0 Å². The van der Waals surface area contributed by atoms with E-state index in [1.165, 1.54) is 6.92 Å². The number of ether oxygens (including phenoxy) is 5. The monoisotopic (exact) mass is 600 g/mol. The van der Waals surface area contributed by atoms with Gasteiger partial charge in [-0.25, -0.2) is 0 Å². The molecule has 0 aromatic heterocycles. The summed E-state index contributed by atoms with van der Waals surface area (Å²) in [4.78, 5) is 12.5. The van der Waals surface area contributed by atoms with Gasteiger partial charge in [-0.2, -0.15) is 0 Å². The molecule has 4 aromatic rings. The SMILES string of the molecule is CC(=O)OC[C@H]1O[C@@H](S(=O)c2ccccc2)[C@H](OCc2ccccc2)[C@@H](OCc2ccccc2)[C@@H]1OCc1ccccc1. The van der Waals surface area contributed by atoms with Gasteiger partial charge in [-0.05, 0) is 28.8 Å². The molecule has 43 heavy (non-hydrogen) atoms. The van der Waals surface area contributed by atoms with E-state index in [0.29, 0.717) is 4.90 Å². The number of esters is 1. The zero-order chi connectivity index (χ0) is 29.9. The van der Waals surface area contributed by atoms with Crippen molar-refractivity contribution < 1.29 is 32.7 Å². The quantitative estimate of drug-likeness (QED) is 0.179. The molecule has 7 nitrogen and oxygen atoms in total. The van der Waals surface area contributed by atoms with Crippen molar-refractivity contribution in [3.63, 3.8) is 0 Å². The molecule has 1 heterocycles. The van der Waals surface area contributed by atoms with Gasteiger partial charge in [-0.15, -0.1) is 0 Å². The van der Waals surface area contributed by atoms with Crippen LogP contribution in [0, 0.1) is 0 Å². The van der Waals surface area contributed by atoms with Crippen LogP contribution in [-0.4, -0.2) is 46.6 Å². The van der Waals surface area contributed by atoms with Gasteiger partial charge >= 0.3 is 5.97 Å². The van der Waals surface area contributed by atoms with E-state index in [-0.39, 0.29) is 26.4 Å². The van der Waals surface area contributed by atoms with Gasteiger partial charge < -0.3 is 23.7 Å². The molecule has 8 heteroatoms. The topological polar surface area (TPSA) is 80.3 Å². The molecule has 5 rings (SSSR count). The predicted octanol–water partition coefficient (Wildman–Crippen LogP) is 5.84. The Kier molecular flexibility index (Phi) is 11.2. The normalized spacial score (nSPS) is 22.5. The highest BCUT2D eigenvalue weighted by molar-refractivity contribution is 7.85. The van der Waals surface area contributed by atoms with Crippen LogP contribution in [0.3, 0.4) is 0 Å². The molecule has 0 N–H and O–H groups in total. The Balaban J connectivity index is 1.51. The van der Waals surface area contributed by atoms with Crippen molar-refractivity contribution in [3.05, 3.63) is 138 Å². The summed E-state index contributed by atoms with van der Waals surface area (Å²) in [5.41, 5.74) is 1.96. The van der Waals surface area contributed by atoms with Crippen LogP contribution in [0.25, 0.3) is 0 Å². The Morgan fingerprint density at radius 1 is 0.628 bits per heavy atom. The van der Waals surface area contributed by atoms with Gasteiger partial charge in [0.15, 0.2) is 5.44 Å². The van der Waals surface area contributed by atoms with Crippen LogP contribution in [0.1, 0.15) is 23.6 Å². The van der Waals surface area contributed by atoms with E-state index in [2.05, 4.69) is 0 Å². The van der Waals surface area contributed by atoms with Crippen molar-refractivity contribution in [1.29, 1.82) is 0 Å². The Morgan fingerprint density at radius 3 is 1.51 bits per heavy atom. The number of benzene rings is 4. The number of hydrogen-bond acceptors (Lipinski definition) is 7. The van der Waals surface area contributed by atoms with Gasteiger partial charge in [0.05, 0.1) is 30.6 Å². The van der Waals surface area contributed by atoms with E-state index >= 15 is 0 Å². The molecule has 224 valence electrons. The second-order valence-electron chi connectivity index (χ2n) is 10.2. The number of carbonyl (C=O) groups excluding carboxylic acids is 1. The predicted molar refractivity (Wildman–Crippen MR) is 163 cm³/mol. The summed E-state index contributed by atoms with van der Waals surface area (Å²) < 4.78 is 45.8. The summed E-state index contributed by atoms with van der Waals surface area (Å²) in [5, 5.41) is 0. The van der Waals surface area contributed by atoms with E-state index in [9.17, 15) is 9.00 Å². The zero-order valence-electron chi connectivity index (χ0n) is 24.0. The Hall–Kier alpha value is -3.66. The first-order valence-corrected chi connectivity index (χ1v) is 15.5. The molecule has 0 amide bonds. The molecule has 1 aliphatic rings. The van der Waals surface area contributed by atoms with E-state index in [1.807, 2.05) is 109 Å². The van der Waals surface area contributed by atoms with Crippen LogP contribution < -0.4 is 0 Å². The fourth-order valence-electron chi connectivity index (χ4n) is 4.94. The molecule has 4 aromatic carbocycles. The second kappa shape index (κ2) is 15.7. The lowest BCUT2D eigenvalue weighted by Crippen LogP contribution is -2.62. The van der Waals surface area contributed by atoms with Crippen LogP contribution >= 0.6 is 0 Å². The van der Waals surface area contributed by atoms with Gasteiger partial charge in [0.1, 0.15) is 31.0 Å². The van der Waals surface area contributed by atoms with Crippen molar-refractivity contribution in [2.45, 2.75) is 61.5 Å². The minimum atomic E-state index is -1.64. The highest BCUT2D eigenvalue weighted by atomic mass is 32.2. The minimum Gasteiger partial charge on any atom is -0.463 e. The van der Waals surface area contributed by atoms with E-state index < -0.39 is 46.6 Å². The third-order valence-corrected chi connectivity index (χ3v) is 8.62. The summed E-state index contributed by atoms with van der Waals surface area (Å²) in [6, 6.07) is 38.5. The van der Waals surface area contributed by atoms with Gasteiger partial charge in [0.25, 0.3) is 0 Å². The number of rotatable bonds is 13. The molecule has 0 spiro atoms. The molecule has 0 saturated carbocycles. The highest BCUT2D eigenvalue weighted by Crippen LogP contribution is 2.34. The van der Waals surface area contributed by atoms with Gasteiger partial charge in [0.2, 0.25) is 0 Å². The molecule has 0 aliphatic carbocycles. The highest BCUT2D eigenvalue weighted by Gasteiger charge is 2.51. The molecular formula is C35H36O7S. The maximum absolute atomic E-state index is 14.1. The van der Waals surface area contributed by atoms with Gasteiger partial charge in [-0.1, -0.05) is 109 Å². The minimum absolute atomic E-state index is 0.0894. The van der Waals surface area contributed by atoms with Crippen LogP contribution in [0.5, 0.6) is 0 Å². The van der Waals surface area contributed by atoms with Crippen molar-refractivity contribution >= 4 is 16.8 Å². The van der Waals surface area contributed by atoms with Crippen molar-refractivity contribution in [3.8, 4) is 0 Å². The summed E-state index contributed by atoms with van der Waals surface area (Å²) in [6.45, 7) is 2.05. The number of carbonyl (C=O) groups is 1. The molecule has 0 radical (unpaired) electrons. The van der Waals surface area contributed by atoms with E-state index in [0.717, 1.165) is 16.7 Å². The average Bonchev–Trinajstić information content (AvgIpc) is 3.06.